The highest BCUT2D eigenvalue weighted by atomic mass is 16.6. The van der Waals surface area contributed by atoms with Gasteiger partial charge in [0.1, 0.15) is 17.6 Å². The SMILES string of the molecule is COc1ccc(OC)c(NC(=O)c2cccc(NC(=O)[C@@H]3[C@@H]4C[C@H]5[C@H]3C(=O)O[C@@H]5C4)c2)c1. The van der Waals surface area contributed by atoms with Crippen molar-refractivity contribution in [1.29, 1.82) is 0 Å². The van der Waals surface area contributed by atoms with Crippen LogP contribution in [0.5, 0.6) is 11.5 Å². The number of carbonyl (C=O) groups excluding carboxylic acids is 3. The van der Waals surface area contributed by atoms with Gasteiger partial charge in [0.2, 0.25) is 5.91 Å². The molecule has 2 aliphatic carbocycles. The summed E-state index contributed by atoms with van der Waals surface area (Å²) in [6.45, 7) is 0. The highest BCUT2D eigenvalue weighted by Gasteiger charge is 2.63. The van der Waals surface area contributed by atoms with Crippen molar-refractivity contribution in [1.82, 2.24) is 0 Å². The Labute approximate surface area is 185 Å². The zero-order valence-electron chi connectivity index (χ0n) is 17.8. The van der Waals surface area contributed by atoms with Crippen molar-refractivity contribution in [3.63, 3.8) is 0 Å². The molecule has 5 rings (SSSR count). The van der Waals surface area contributed by atoms with E-state index in [0.29, 0.717) is 28.4 Å². The minimum atomic E-state index is -0.371. The first kappa shape index (κ1) is 20.4. The fourth-order valence-corrected chi connectivity index (χ4v) is 5.43. The number of nitrogens with one attached hydrogen (secondary N) is 2. The zero-order chi connectivity index (χ0) is 22.4. The number of rotatable bonds is 6. The summed E-state index contributed by atoms with van der Waals surface area (Å²) in [6.07, 6.45) is 1.61. The number of carbonyl (C=O) groups is 3. The van der Waals surface area contributed by atoms with Gasteiger partial charge >= 0.3 is 5.97 Å². The average molecular weight is 436 g/mol. The third kappa shape index (κ3) is 3.36. The standard InChI is InChI=1S/C24H24N2O6/c1-30-15-6-7-18(31-2)17(11-15)26-22(27)12-4-3-5-14(8-12)25-23(28)20-13-9-16-19(10-13)32-24(29)21(16)20/h3-8,11,13,16,19-21H,9-10H2,1-2H3,(H,25,28)(H,26,27)/t13-,16-,19-,20-,21-/m1/s1. The second-order valence-corrected chi connectivity index (χ2v) is 8.51. The van der Waals surface area contributed by atoms with Crippen LogP contribution in [0.2, 0.25) is 0 Å². The van der Waals surface area contributed by atoms with E-state index in [2.05, 4.69) is 10.6 Å². The molecule has 3 aliphatic rings. The highest BCUT2D eigenvalue weighted by Crippen LogP contribution is 2.57. The predicted octanol–water partition coefficient (Wildman–Crippen LogP) is 3.09. The van der Waals surface area contributed by atoms with E-state index in [1.807, 2.05) is 0 Å². The fourth-order valence-electron chi connectivity index (χ4n) is 5.43. The first-order chi connectivity index (χ1) is 15.5. The number of ether oxygens (including phenoxy) is 3. The molecule has 32 heavy (non-hydrogen) atoms. The summed E-state index contributed by atoms with van der Waals surface area (Å²) in [6, 6.07) is 11.8. The molecule has 0 aromatic heterocycles. The molecule has 2 N–H and O–H groups in total. The Hall–Kier alpha value is -3.55. The van der Waals surface area contributed by atoms with Crippen LogP contribution in [0.1, 0.15) is 23.2 Å². The van der Waals surface area contributed by atoms with Crippen molar-refractivity contribution in [3.05, 3.63) is 48.0 Å². The average Bonchev–Trinajstić information content (AvgIpc) is 3.42. The lowest BCUT2D eigenvalue weighted by atomic mass is 9.79. The Morgan fingerprint density at radius 1 is 1.03 bits per heavy atom. The Bertz CT molecular complexity index is 1100. The molecule has 8 nitrogen and oxygen atoms in total. The highest BCUT2D eigenvalue weighted by molar-refractivity contribution is 6.06. The lowest BCUT2D eigenvalue weighted by Crippen LogP contribution is -2.35. The van der Waals surface area contributed by atoms with Crippen molar-refractivity contribution in [2.24, 2.45) is 23.7 Å². The van der Waals surface area contributed by atoms with Crippen LogP contribution in [0.4, 0.5) is 11.4 Å². The van der Waals surface area contributed by atoms with Crippen molar-refractivity contribution < 1.29 is 28.6 Å². The van der Waals surface area contributed by atoms with Crippen LogP contribution in [-0.2, 0) is 14.3 Å². The molecular formula is C24H24N2O6. The number of amides is 2. The van der Waals surface area contributed by atoms with Gasteiger partial charge in [0, 0.05) is 23.2 Å². The lowest BCUT2D eigenvalue weighted by Gasteiger charge is -2.23. The van der Waals surface area contributed by atoms with E-state index in [1.54, 1.807) is 49.6 Å². The molecule has 1 saturated heterocycles. The van der Waals surface area contributed by atoms with Crippen LogP contribution in [0, 0.1) is 23.7 Å². The van der Waals surface area contributed by atoms with Crippen molar-refractivity contribution >= 4 is 29.2 Å². The zero-order valence-corrected chi connectivity index (χ0v) is 17.8. The molecule has 2 aromatic rings. The maximum Gasteiger partial charge on any atom is 0.310 e. The lowest BCUT2D eigenvalue weighted by molar-refractivity contribution is -0.145. The molecular weight excluding hydrogens is 412 g/mol. The molecule has 3 fully saturated rings. The van der Waals surface area contributed by atoms with Gasteiger partial charge in [-0.2, -0.15) is 0 Å². The summed E-state index contributed by atoms with van der Waals surface area (Å²) in [4.78, 5) is 38.1. The third-order valence-electron chi connectivity index (χ3n) is 6.83. The summed E-state index contributed by atoms with van der Waals surface area (Å²) >= 11 is 0. The van der Waals surface area contributed by atoms with E-state index in [1.165, 1.54) is 7.11 Å². The maximum absolute atomic E-state index is 13.0. The summed E-state index contributed by atoms with van der Waals surface area (Å²) in [7, 11) is 3.06. The van der Waals surface area contributed by atoms with E-state index in [-0.39, 0.29) is 47.6 Å². The van der Waals surface area contributed by atoms with E-state index in [4.69, 9.17) is 14.2 Å². The third-order valence-corrected chi connectivity index (χ3v) is 6.83. The molecule has 0 unspecified atom stereocenters. The van der Waals surface area contributed by atoms with Gasteiger partial charge in [0.15, 0.2) is 0 Å². The molecule has 5 atom stereocenters. The van der Waals surface area contributed by atoms with E-state index in [9.17, 15) is 14.4 Å². The van der Waals surface area contributed by atoms with Gasteiger partial charge in [-0.05, 0) is 49.1 Å². The van der Waals surface area contributed by atoms with Crippen LogP contribution in [0.3, 0.4) is 0 Å². The number of fused-ring (bicyclic) bond motifs is 1. The van der Waals surface area contributed by atoms with E-state index < -0.39 is 0 Å². The van der Waals surface area contributed by atoms with Gasteiger partial charge in [-0.25, -0.2) is 0 Å². The van der Waals surface area contributed by atoms with Gasteiger partial charge in [0.05, 0.1) is 31.7 Å². The molecule has 1 aliphatic heterocycles. The maximum atomic E-state index is 13.0. The van der Waals surface area contributed by atoms with E-state index in [0.717, 1.165) is 12.8 Å². The van der Waals surface area contributed by atoms with Crippen LogP contribution >= 0.6 is 0 Å². The number of anilines is 2. The molecule has 2 bridgehead atoms. The van der Waals surface area contributed by atoms with Crippen LogP contribution < -0.4 is 20.1 Å². The van der Waals surface area contributed by atoms with Crippen molar-refractivity contribution in [3.8, 4) is 11.5 Å². The fraction of sp³-hybridized carbons (Fsp3) is 0.375. The molecule has 1 heterocycles. The molecule has 8 heteroatoms. The second kappa shape index (κ2) is 7.85. The van der Waals surface area contributed by atoms with Crippen LogP contribution in [0.25, 0.3) is 0 Å². The largest absolute Gasteiger partial charge is 0.497 e. The minimum absolute atomic E-state index is 0.0119. The molecule has 0 radical (unpaired) electrons. The monoisotopic (exact) mass is 436 g/mol. The summed E-state index contributed by atoms with van der Waals surface area (Å²) in [5.41, 5.74) is 1.36. The summed E-state index contributed by atoms with van der Waals surface area (Å²) in [5.74, 6) is -0.0772. The van der Waals surface area contributed by atoms with Crippen molar-refractivity contribution in [2.45, 2.75) is 18.9 Å². The smallest absolute Gasteiger partial charge is 0.310 e. The second-order valence-electron chi connectivity index (χ2n) is 8.51. The van der Waals surface area contributed by atoms with Gasteiger partial charge in [-0.15, -0.1) is 0 Å². The summed E-state index contributed by atoms with van der Waals surface area (Å²) in [5, 5.41) is 5.72. The van der Waals surface area contributed by atoms with Gasteiger partial charge in [-0.1, -0.05) is 6.07 Å². The van der Waals surface area contributed by atoms with Crippen LogP contribution in [-0.4, -0.2) is 38.1 Å². The number of methoxy groups -OCH3 is 2. The number of esters is 1. The Morgan fingerprint density at radius 2 is 1.88 bits per heavy atom. The van der Waals surface area contributed by atoms with Crippen molar-refractivity contribution in [2.75, 3.05) is 24.9 Å². The Kier molecular flexibility index (Phi) is 5.00. The molecule has 0 spiro atoms. The number of hydrogen-bond acceptors (Lipinski definition) is 6. The first-order valence-corrected chi connectivity index (χ1v) is 10.6. The van der Waals surface area contributed by atoms with Gasteiger partial charge in [-0.3, -0.25) is 14.4 Å². The van der Waals surface area contributed by atoms with E-state index >= 15 is 0 Å². The van der Waals surface area contributed by atoms with Gasteiger partial charge < -0.3 is 24.8 Å². The van der Waals surface area contributed by atoms with Gasteiger partial charge in [0.25, 0.3) is 5.91 Å². The molecule has 2 aromatic carbocycles. The first-order valence-electron chi connectivity index (χ1n) is 10.6. The Balaban J connectivity index is 1.30. The molecule has 166 valence electrons. The quantitative estimate of drug-likeness (QED) is 0.675. The normalized spacial score (nSPS) is 27.1. The topological polar surface area (TPSA) is 103 Å². The molecule has 2 amide bonds. The minimum Gasteiger partial charge on any atom is -0.497 e. The molecule has 2 saturated carbocycles. The predicted molar refractivity (Wildman–Crippen MR) is 116 cm³/mol. The number of hydrogen-bond donors (Lipinski definition) is 2. The van der Waals surface area contributed by atoms with Crippen LogP contribution in [0.15, 0.2) is 42.5 Å². The summed E-state index contributed by atoms with van der Waals surface area (Å²) < 4.78 is 15.9. The number of benzene rings is 2. The Morgan fingerprint density at radius 3 is 2.66 bits per heavy atom.